The van der Waals surface area contributed by atoms with E-state index in [1.165, 1.54) is 0 Å². The molecule has 0 amide bonds. The topological polar surface area (TPSA) is 69.2 Å². The summed E-state index contributed by atoms with van der Waals surface area (Å²) >= 11 is 0. The molecule has 0 N–H and O–H groups in total. The molecule has 0 saturated carbocycles. The molecule has 0 bridgehead atoms. The summed E-state index contributed by atoms with van der Waals surface area (Å²) in [5, 5.41) is 28.6. The Morgan fingerprint density at radius 3 is 0.538 bits per heavy atom. The number of rotatable bonds is 0. The zero-order chi connectivity index (χ0) is 10.7. The van der Waals surface area contributed by atoms with Crippen LogP contribution in [-0.4, -0.2) is 38.1 Å². The van der Waals surface area contributed by atoms with E-state index in [1.54, 1.807) is 41.5 Å². The van der Waals surface area contributed by atoms with Crippen LogP contribution >= 0.6 is 0 Å². The van der Waals surface area contributed by atoms with E-state index in [0.717, 1.165) is 0 Å². The fourth-order valence-corrected chi connectivity index (χ4v) is 0. The maximum Gasteiger partial charge on any atom is 3.00 e. The van der Waals surface area contributed by atoms with E-state index in [2.05, 4.69) is 0 Å². The van der Waals surface area contributed by atoms with Crippen molar-refractivity contribution in [3.63, 3.8) is 0 Å². The fourth-order valence-electron chi connectivity index (χ4n) is 0. The van der Waals surface area contributed by atoms with Gasteiger partial charge in [-0.2, -0.15) is 0 Å². The van der Waals surface area contributed by atoms with Gasteiger partial charge in [-0.05, 0) is 0 Å². The van der Waals surface area contributed by atoms with Gasteiger partial charge >= 0.3 is 19.8 Å². The molecule has 3 nitrogen and oxygen atoms in total. The maximum absolute atomic E-state index is 9.53. The van der Waals surface area contributed by atoms with Crippen LogP contribution in [-0.2, 0) is 0 Å². The smallest absolute Gasteiger partial charge is 0.852 e. The second kappa shape index (κ2) is 18.3. The summed E-state index contributed by atoms with van der Waals surface area (Å²) in [6, 6.07) is 0. The second-order valence-electron chi connectivity index (χ2n) is 3.15. The minimum absolute atomic E-state index is 0. The first-order chi connectivity index (χ1) is 5.20. The molecule has 0 aliphatic heterocycles. The normalized spacial score (nSPS) is 8.31. The van der Waals surface area contributed by atoms with E-state index in [4.69, 9.17) is 0 Å². The summed E-state index contributed by atoms with van der Waals surface area (Å²) in [6.45, 7) is 9.67. The van der Waals surface area contributed by atoms with Crippen molar-refractivity contribution >= 4 is 19.8 Å². The van der Waals surface area contributed by atoms with Gasteiger partial charge in [0, 0.05) is 0 Å². The molecule has 0 saturated heterocycles. The zero-order valence-electron chi connectivity index (χ0n) is 9.53. The van der Waals surface area contributed by atoms with Gasteiger partial charge in [0.2, 0.25) is 0 Å². The van der Waals surface area contributed by atoms with E-state index < -0.39 is 18.3 Å². The maximum atomic E-state index is 9.53. The van der Waals surface area contributed by atoms with Crippen molar-refractivity contribution in [3.05, 3.63) is 0 Å². The molecule has 0 aliphatic carbocycles. The monoisotopic (exact) mass is 246 g/mol. The van der Waals surface area contributed by atoms with Crippen LogP contribution < -0.4 is 15.3 Å². The molecule has 0 aromatic rings. The van der Waals surface area contributed by atoms with Crippen molar-refractivity contribution in [1.82, 2.24) is 0 Å². The number of hydrogen-bond acceptors (Lipinski definition) is 3. The molecule has 0 aromatic carbocycles. The van der Waals surface area contributed by atoms with E-state index in [-0.39, 0.29) is 19.8 Å². The summed E-state index contributed by atoms with van der Waals surface area (Å²) in [4.78, 5) is 0. The first kappa shape index (κ1) is 23.4. The molecule has 0 spiro atoms. The third-order valence-corrected chi connectivity index (χ3v) is 0. The third-order valence-electron chi connectivity index (χ3n) is 0. The van der Waals surface area contributed by atoms with Crippen molar-refractivity contribution < 1.29 is 15.3 Å². The first-order valence-electron chi connectivity index (χ1n) is 4.17. The van der Waals surface area contributed by atoms with Gasteiger partial charge < -0.3 is 15.3 Å². The van der Waals surface area contributed by atoms with E-state index in [0.29, 0.717) is 0 Å². The van der Waals surface area contributed by atoms with Gasteiger partial charge in [0.15, 0.2) is 0 Å². The number of hydrogen-bond donors (Lipinski definition) is 0. The molecule has 13 heavy (non-hydrogen) atoms. The summed E-state index contributed by atoms with van der Waals surface area (Å²) < 4.78 is 0. The SMILES string of the molecule is CC(C)[O-].CC(C)[O-].CC(C)[O-].[Ga+3]. The van der Waals surface area contributed by atoms with E-state index >= 15 is 0 Å². The molecule has 78 valence electrons. The van der Waals surface area contributed by atoms with Gasteiger partial charge in [0.25, 0.3) is 0 Å². The predicted molar refractivity (Wildman–Crippen MR) is 51.2 cm³/mol. The first-order valence-corrected chi connectivity index (χ1v) is 4.17. The Morgan fingerprint density at radius 2 is 0.538 bits per heavy atom. The van der Waals surface area contributed by atoms with E-state index in [9.17, 15) is 15.3 Å². The Balaban J connectivity index is -0.0000000450. The van der Waals surface area contributed by atoms with Crippen molar-refractivity contribution in [1.29, 1.82) is 0 Å². The zero-order valence-corrected chi connectivity index (χ0v) is 12.0. The molecule has 0 atom stereocenters. The molecule has 0 unspecified atom stereocenters. The molecule has 0 fully saturated rings. The minimum Gasteiger partial charge on any atom is -0.852 e. The average molecular weight is 247 g/mol. The Kier molecular flexibility index (Phi) is 33.0. The molecule has 0 radical (unpaired) electrons. The van der Waals surface area contributed by atoms with Gasteiger partial charge in [-0.1, -0.05) is 41.5 Å². The Labute approximate surface area is 95.2 Å². The largest absolute Gasteiger partial charge is 3.00 e. The van der Waals surface area contributed by atoms with Gasteiger partial charge in [-0.15, -0.1) is 18.3 Å². The van der Waals surface area contributed by atoms with Gasteiger partial charge in [-0.25, -0.2) is 0 Å². The van der Waals surface area contributed by atoms with Gasteiger partial charge in [-0.3, -0.25) is 0 Å². The second-order valence-corrected chi connectivity index (χ2v) is 3.15. The summed E-state index contributed by atoms with van der Waals surface area (Å²) in [7, 11) is 0. The predicted octanol–water partition coefficient (Wildman–Crippen LogP) is -1.12. The van der Waals surface area contributed by atoms with Crippen molar-refractivity contribution in [3.8, 4) is 0 Å². The van der Waals surface area contributed by atoms with Crippen molar-refractivity contribution in [2.45, 2.75) is 59.9 Å². The Hall–Kier alpha value is 0.516. The van der Waals surface area contributed by atoms with Gasteiger partial charge in [0.1, 0.15) is 0 Å². The van der Waals surface area contributed by atoms with Crippen LogP contribution in [0.2, 0.25) is 0 Å². The third kappa shape index (κ3) is 5190. The van der Waals surface area contributed by atoms with Crippen LogP contribution in [0.4, 0.5) is 0 Å². The Bertz CT molecular complexity index is 43.4. The van der Waals surface area contributed by atoms with Crippen molar-refractivity contribution in [2.24, 2.45) is 0 Å². The van der Waals surface area contributed by atoms with Crippen LogP contribution in [0, 0.1) is 0 Å². The molecule has 0 aromatic heterocycles. The molecule has 4 heteroatoms. The Morgan fingerprint density at radius 1 is 0.538 bits per heavy atom. The van der Waals surface area contributed by atoms with Crippen molar-refractivity contribution in [2.75, 3.05) is 0 Å². The van der Waals surface area contributed by atoms with Gasteiger partial charge in [0.05, 0.1) is 0 Å². The molecule has 0 aliphatic rings. The quantitative estimate of drug-likeness (QED) is 0.509. The molecular weight excluding hydrogens is 226 g/mol. The average Bonchev–Trinajstić information content (AvgIpc) is 1.54. The molecule has 0 heterocycles. The minimum atomic E-state index is -0.417. The molecular formula is C9H21GaO3. The molecule has 0 rings (SSSR count). The van der Waals surface area contributed by atoms with Crippen LogP contribution in [0.5, 0.6) is 0 Å². The van der Waals surface area contributed by atoms with Crippen LogP contribution in [0.25, 0.3) is 0 Å². The van der Waals surface area contributed by atoms with Crippen LogP contribution in [0.15, 0.2) is 0 Å². The standard InChI is InChI=1S/3C3H7O.Ga/c3*1-3(2)4;/h3*3H,1-2H3;/q3*-1;+3. The fraction of sp³-hybridized carbons (Fsp3) is 1.00. The summed E-state index contributed by atoms with van der Waals surface area (Å²) in [5.41, 5.74) is 0. The van der Waals surface area contributed by atoms with Crippen LogP contribution in [0.1, 0.15) is 41.5 Å². The summed E-state index contributed by atoms with van der Waals surface area (Å²) in [5.74, 6) is 0. The summed E-state index contributed by atoms with van der Waals surface area (Å²) in [6.07, 6.45) is -1.25. The van der Waals surface area contributed by atoms with E-state index in [1.807, 2.05) is 0 Å². The van der Waals surface area contributed by atoms with Crippen LogP contribution in [0.3, 0.4) is 0 Å².